The van der Waals surface area contributed by atoms with Gasteiger partial charge in [0.15, 0.2) is 0 Å². The van der Waals surface area contributed by atoms with E-state index in [2.05, 4.69) is 0 Å². The molecule has 0 bridgehead atoms. The molecule has 1 aromatic carbocycles. The highest BCUT2D eigenvalue weighted by Crippen LogP contribution is 2.20. The number of aromatic hydroxyl groups is 1. The van der Waals surface area contributed by atoms with Gasteiger partial charge in [-0.3, -0.25) is 4.79 Å². The van der Waals surface area contributed by atoms with Crippen molar-refractivity contribution in [2.75, 3.05) is 0 Å². The van der Waals surface area contributed by atoms with E-state index in [1.807, 2.05) is 20.8 Å². The maximum Gasteiger partial charge on any atom is 0.310 e. The summed E-state index contributed by atoms with van der Waals surface area (Å²) in [4.78, 5) is 11.6. The number of carbonyl (C=O) groups excluding carboxylic acids is 1. The summed E-state index contributed by atoms with van der Waals surface area (Å²) in [5.74, 6) is -0.271. The lowest BCUT2D eigenvalue weighted by Crippen LogP contribution is -2.24. The molecule has 0 aromatic heterocycles. The molecule has 0 amide bonds. The van der Waals surface area contributed by atoms with Crippen molar-refractivity contribution in [1.29, 1.82) is 0 Å². The molecule has 0 saturated carbocycles. The summed E-state index contributed by atoms with van der Waals surface area (Å²) >= 11 is 0. The number of hydrogen-bond acceptors (Lipinski definition) is 4. The Bertz CT molecular complexity index is 408. The smallest absolute Gasteiger partial charge is 0.310 e. The van der Waals surface area contributed by atoms with Crippen molar-refractivity contribution >= 4 is 5.97 Å². The number of ether oxygens (including phenoxy) is 1. The summed E-state index contributed by atoms with van der Waals surface area (Å²) in [6.45, 7) is 5.78. The van der Waals surface area contributed by atoms with Crippen molar-refractivity contribution in [3.8, 4) is 5.75 Å². The molecule has 4 nitrogen and oxygen atoms in total. The molecule has 0 aliphatic carbocycles. The minimum atomic E-state index is -0.510. The molecule has 3 N–H and O–H groups in total. The van der Waals surface area contributed by atoms with E-state index in [0.29, 0.717) is 12.1 Å². The van der Waals surface area contributed by atoms with Crippen molar-refractivity contribution < 1.29 is 14.6 Å². The van der Waals surface area contributed by atoms with Crippen LogP contribution in [0, 0.1) is 0 Å². The van der Waals surface area contributed by atoms with Gasteiger partial charge in [0.25, 0.3) is 0 Å². The zero-order valence-corrected chi connectivity index (χ0v) is 10.5. The molecule has 0 atom stereocenters. The van der Waals surface area contributed by atoms with E-state index in [-0.39, 0.29) is 18.1 Å². The molecule has 4 heteroatoms. The van der Waals surface area contributed by atoms with Crippen molar-refractivity contribution in [3.63, 3.8) is 0 Å². The maximum atomic E-state index is 11.6. The van der Waals surface area contributed by atoms with Crippen LogP contribution in [0.2, 0.25) is 0 Å². The van der Waals surface area contributed by atoms with Gasteiger partial charge in [-0.15, -0.1) is 0 Å². The summed E-state index contributed by atoms with van der Waals surface area (Å²) < 4.78 is 5.18. The number of esters is 1. The molecule has 0 unspecified atom stereocenters. The van der Waals surface area contributed by atoms with E-state index >= 15 is 0 Å². The molecule has 0 aliphatic heterocycles. The Balaban J connectivity index is 2.72. The van der Waals surface area contributed by atoms with Crippen LogP contribution in [0.4, 0.5) is 0 Å². The van der Waals surface area contributed by atoms with Gasteiger partial charge in [-0.05, 0) is 32.4 Å². The van der Waals surface area contributed by atoms with Crippen LogP contribution < -0.4 is 5.73 Å². The number of hydrogen-bond donors (Lipinski definition) is 2. The Morgan fingerprint density at radius 2 is 2.06 bits per heavy atom. The maximum absolute atomic E-state index is 11.6. The summed E-state index contributed by atoms with van der Waals surface area (Å²) in [6.07, 6.45) is 0.0634. The van der Waals surface area contributed by atoms with Crippen LogP contribution in [0.3, 0.4) is 0 Å². The molecule has 0 spiro atoms. The molecule has 0 heterocycles. The molecular formula is C13H19NO3. The Hall–Kier alpha value is -1.55. The Morgan fingerprint density at radius 3 is 2.53 bits per heavy atom. The fourth-order valence-electron chi connectivity index (χ4n) is 1.42. The lowest BCUT2D eigenvalue weighted by atomic mass is 10.1. The third-order valence-corrected chi connectivity index (χ3v) is 2.14. The van der Waals surface area contributed by atoms with E-state index < -0.39 is 5.60 Å². The number of carbonyl (C=O) groups is 1. The first-order valence-corrected chi connectivity index (χ1v) is 5.54. The van der Waals surface area contributed by atoms with Crippen LogP contribution >= 0.6 is 0 Å². The van der Waals surface area contributed by atoms with E-state index in [9.17, 15) is 9.90 Å². The van der Waals surface area contributed by atoms with E-state index in [0.717, 1.165) is 5.56 Å². The number of nitrogens with two attached hydrogens (primary N) is 1. The van der Waals surface area contributed by atoms with Crippen molar-refractivity contribution in [2.24, 2.45) is 5.73 Å². The minimum Gasteiger partial charge on any atom is -0.508 e. The number of benzene rings is 1. The van der Waals surface area contributed by atoms with Crippen LogP contribution in [0.25, 0.3) is 0 Å². The molecule has 1 aromatic rings. The van der Waals surface area contributed by atoms with Crippen LogP contribution in [-0.2, 0) is 22.5 Å². The SMILES string of the molecule is CC(C)(C)OC(=O)Cc1ccc(CN)cc1O. The number of phenolic OH excluding ortho intramolecular Hbond substituents is 1. The fourth-order valence-corrected chi connectivity index (χ4v) is 1.42. The summed E-state index contributed by atoms with van der Waals surface area (Å²) in [7, 11) is 0. The highest BCUT2D eigenvalue weighted by Gasteiger charge is 2.17. The van der Waals surface area contributed by atoms with Gasteiger partial charge in [-0.1, -0.05) is 12.1 Å². The van der Waals surface area contributed by atoms with Gasteiger partial charge in [-0.2, -0.15) is 0 Å². The normalized spacial score (nSPS) is 11.3. The van der Waals surface area contributed by atoms with Crippen LogP contribution in [0.15, 0.2) is 18.2 Å². The molecule has 17 heavy (non-hydrogen) atoms. The molecule has 0 radical (unpaired) electrons. The van der Waals surface area contributed by atoms with Crippen LogP contribution in [0.1, 0.15) is 31.9 Å². The van der Waals surface area contributed by atoms with Crippen LogP contribution in [-0.4, -0.2) is 16.7 Å². The lowest BCUT2D eigenvalue weighted by Gasteiger charge is -2.19. The third-order valence-electron chi connectivity index (χ3n) is 2.14. The van der Waals surface area contributed by atoms with Crippen molar-refractivity contribution in [3.05, 3.63) is 29.3 Å². The van der Waals surface area contributed by atoms with E-state index in [1.54, 1.807) is 18.2 Å². The van der Waals surface area contributed by atoms with Gasteiger partial charge in [0.1, 0.15) is 11.4 Å². The quantitative estimate of drug-likeness (QED) is 0.785. The third kappa shape index (κ3) is 4.44. The van der Waals surface area contributed by atoms with E-state index in [4.69, 9.17) is 10.5 Å². The highest BCUT2D eigenvalue weighted by atomic mass is 16.6. The van der Waals surface area contributed by atoms with Gasteiger partial charge in [0, 0.05) is 12.1 Å². The van der Waals surface area contributed by atoms with Gasteiger partial charge in [0.2, 0.25) is 0 Å². The average Bonchev–Trinajstić information content (AvgIpc) is 2.18. The second-order valence-electron chi connectivity index (χ2n) is 4.93. The lowest BCUT2D eigenvalue weighted by molar-refractivity contribution is -0.153. The summed E-state index contributed by atoms with van der Waals surface area (Å²) in [5, 5.41) is 9.71. The summed E-state index contributed by atoms with van der Waals surface area (Å²) in [5.41, 5.74) is 6.32. The largest absolute Gasteiger partial charge is 0.508 e. The molecule has 0 aliphatic rings. The highest BCUT2D eigenvalue weighted by molar-refractivity contribution is 5.74. The molecule has 0 saturated heterocycles. The van der Waals surface area contributed by atoms with Crippen LogP contribution in [0.5, 0.6) is 5.75 Å². The fraction of sp³-hybridized carbons (Fsp3) is 0.462. The predicted molar refractivity (Wildman–Crippen MR) is 65.5 cm³/mol. The second kappa shape index (κ2) is 5.19. The zero-order valence-electron chi connectivity index (χ0n) is 10.5. The van der Waals surface area contributed by atoms with Gasteiger partial charge < -0.3 is 15.6 Å². The molecular weight excluding hydrogens is 218 g/mol. The molecule has 1 rings (SSSR count). The Labute approximate surface area is 101 Å². The Morgan fingerprint density at radius 1 is 1.41 bits per heavy atom. The minimum absolute atomic E-state index is 0.0634. The Kier molecular flexibility index (Phi) is 4.12. The van der Waals surface area contributed by atoms with Gasteiger partial charge in [-0.25, -0.2) is 0 Å². The standard InChI is InChI=1S/C13H19NO3/c1-13(2,3)17-12(16)7-10-5-4-9(8-14)6-11(10)15/h4-6,15H,7-8,14H2,1-3H3. The molecule has 94 valence electrons. The van der Waals surface area contributed by atoms with Crippen molar-refractivity contribution in [1.82, 2.24) is 0 Å². The monoisotopic (exact) mass is 237 g/mol. The zero-order chi connectivity index (χ0) is 13.1. The first-order valence-electron chi connectivity index (χ1n) is 5.54. The predicted octanol–water partition coefficient (Wildman–Crippen LogP) is 1.74. The first kappa shape index (κ1) is 13.5. The number of rotatable bonds is 3. The topological polar surface area (TPSA) is 72.5 Å². The number of phenols is 1. The van der Waals surface area contributed by atoms with Gasteiger partial charge >= 0.3 is 5.97 Å². The first-order chi connectivity index (χ1) is 7.81. The van der Waals surface area contributed by atoms with Crippen molar-refractivity contribution in [2.45, 2.75) is 39.3 Å². The average molecular weight is 237 g/mol. The second-order valence-corrected chi connectivity index (χ2v) is 4.93. The molecule has 0 fully saturated rings. The van der Waals surface area contributed by atoms with E-state index in [1.165, 1.54) is 0 Å². The summed E-state index contributed by atoms with van der Waals surface area (Å²) in [6, 6.07) is 5.06. The van der Waals surface area contributed by atoms with Gasteiger partial charge in [0.05, 0.1) is 6.42 Å².